The number of sulfonamides is 1. The van der Waals surface area contributed by atoms with Crippen LogP contribution in [-0.2, 0) is 19.6 Å². The lowest BCUT2D eigenvalue weighted by Crippen LogP contribution is -2.53. The Labute approximate surface area is 136 Å². The maximum Gasteiger partial charge on any atom is 0.244 e. The van der Waals surface area contributed by atoms with Gasteiger partial charge in [-0.1, -0.05) is 6.92 Å². The average molecular weight is 341 g/mol. The van der Waals surface area contributed by atoms with Crippen molar-refractivity contribution in [1.82, 2.24) is 10.0 Å². The molecule has 8 heteroatoms. The number of nitrogens with one attached hydrogen (secondary N) is 3. The van der Waals surface area contributed by atoms with Gasteiger partial charge in [-0.2, -0.15) is 0 Å². The van der Waals surface area contributed by atoms with Crippen molar-refractivity contribution in [2.45, 2.75) is 37.3 Å². The highest BCUT2D eigenvalue weighted by Gasteiger charge is 2.28. The van der Waals surface area contributed by atoms with Gasteiger partial charge in [0.05, 0.1) is 17.6 Å². The second kappa shape index (κ2) is 7.87. The molecule has 128 valence electrons. The number of hydrogen-bond acceptors (Lipinski definition) is 5. The van der Waals surface area contributed by atoms with Gasteiger partial charge in [0.1, 0.15) is 6.04 Å². The van der Waals surface area contributed by atoms with Crippen LogP contribution in [-0.4, -0.2) is 46.2 Å². The van der Waals surface area contributed by atoms with Crippen LogP contribution in [0.2, 0.25) is 0 Å². The molecule has 23 heavy (non-hydrogen) atoms. The van der Waals surface area contributed by atoms with E-state index in [2.05, 4.69) is 15.4 Å². The molecule has 1 aromatic rings. The van der Waals surface area contributed by atoms with Crippen LogP contribution in [0.4, 0.5) is 5.69 Å². The highest BCUT2D eigenvalue weighted by molar-refractivity contribution is 7.89. The molecule has 0 aliphatic carbocycles. The quantitative estimate of drug-likeness (QED) is 0.707. The Kier molecular flexibility index (Phi) is 6.11. The van der Waals surface area contributed by atoms with Gasteiger partial charge >= 0.3 is 0 Å². The Morgan fingerprint density at radius 3 is 2.65 bits per heavy atom. The Hall–Kier alpha value is -1.48. The van der Waals surface area contributed by atoms with Gasteiger partial charge in [0.25, 0.3) is 0 Å². The van der Waals surface area contributed by atoms with E-state index >= 15 is 0 Å². The van der Waals surface area contributed by atoms with E-state index in [4.69, 9.17) is 4.74 Å². The number of morpholine rings is 1. The molecule has 3 N–H and O–H groups in total. The third-order valence-electron chi connectivity index (χ3n) is 3.57. The van der Waals surface area contributed by atoms with Gasteiger partial charge in [-0.3, -0.25) is 4.79 Å². The standard InChI is InChI=1S/C15H23N3O4S/c1-3-8-17-23(20,21)13-6-4-12(5-7-13)18-15(19)14-11(2)22-10-9-16-14/h4-7,11,14,16-17H,3,8-10H2,1-2H3,(H,18,19)/t11-,14+/m1/s1. The third-order valence-corrected chi connectivity index (χ3v) is 5.05. The Morgan fingerprint density at radius 1 is 1.35 bits per heavy atom. The molecule has 1 aliphatic rings. The first kappa shape index (κ1) is 17.9. The zero-order chi connectivity index (χ0) is 16.9. The van der Waals surface area contributed by atoms with Gasteiger partial charge in [-0.25, -0.2) is 13.1 Å². The molecule has 0 unspecified atom stereocenters. The van der Waals surface area contributed by atoms with E-state index in [-0.39, 0.29) is 16.9 Å². The lowest BCUT2D eigenvalue weighted by atomic mass is 10.1. The maximum absolute atomic E-state index is 12.2. The molecule has 1 fully saturated rings. The average Bonchev–Trinajstić information content (AvgIpc) is 2.54. The van der Waals surface area contributed by atoms with Crippen molar-refractivity contribution in [1.29, 1.82) is 0 Å². The van der Waals surface area contributed by atoms with Crippen molar-refractivity contribution in [2.24, 2.45) is 0 Å². The van der Waals surface area contributed by atoms with E-state index in [1.54, 1.807) is 12.1 Å². The summed E-state index contributed by atoms with van der Waals surface area (Å²) in [7, 11) is -3.49. The lowest BCUT2D eigenvalue weighted by molar-refractivity contribution is -0.123. The molecule has 1 aliphatic heterocycles. The first-order valence-corrected chi connectivity index (χ1v) is 9.18. The number of benzene rings is 1. The molecule has 1 saturated heterocycles. The summed E-state index contributed by atoms with van der Waals surface area (Å²) in [5.74, 6) is -0.197. The molecule has 7 nitrogen and oxygen atoms in total. The van der Waals surface area contributed by atoms with Crippen LogP contribution in [0, 0.1) is 0 Å². The number of hydrogen-bond donors (Lipinski definition) is 3. The van der Waals surface area contributed by atoms with E-state index in [9.17, 15) is 13.2 Å². The Balaban J connectivity index is 2.01. The second-order valence-corrected chi connectivity index (χ2v) is 7.19. The first-order valence-electron chi connectivity index (χ1n) is 7.69. The summed E-state index contributed by atoms with van der Waals surface area (Å²) in [6.45, 7) is 5.34. The summed E-state index contributed by atoms with van der Waals surface area (Å²) in [4.78, 5) is 12.4. The van der Waals surface area contributed by atoms with Crippen LogP contribution < -0.4 is 15.4 Å². The predicted octanol–water partition coefficient (Wildman–Crippen LogP) is 0.690. The van der Waals surface area contributed by atoms with E-state index in [1.807, 2.05) is 13.8 Å². The molecule has 1 aromatic carbocycles. The van der Waals surface area contributed by atoms with E-state index in [0.29, 0.717) is 25.4 Å². The molecule has 2 atom stereocenters. The summed E-state index contributed by atoms with van der Waals surface area (Å²) >= 11 is 0. The van der Waals surface area contributed by atoms with Crippen LogP contribution in [0.15, 0.2) is 29.2 Å². The van der Waals surface area contributed by atoms with Crippen LogP contribution in [0.5, 0.6) is 0 Å². The monoisotopic (exact) mass is 341 g/mol. The van der Waals surface area contributed by atoms with Gasteiger partial charge in [-0.05, 0) is 37.6 Å². The summed E-state index contributed by atoms with van der Waals surface area (Å²) in [6.07, 6.45) is 0.517. The Bertz CT molecular complexity index is 631. The number of carbonyl (C=O) groups excluding carboxylic acids is 1. The van der Waals surface area contributed by atoms with Crippen molar-refractivity contribution >= 4 is 21.6 Å². The van der Waals surface area contributed by atoms with Gasteiger partial charge in [-0.15, -0.1) is 0 Å². The fourth-order valence-corrected chi connectivity index (χ4v) is 3.42. The first-order chi connectivity index (χ1) is 10.9. The molecule has 0 bridgehead atoms. The molecular formula is C15H23N3O4S. The van der Waals surface area contributed by atoms with Crippen molar-refractivity contribution in [3.8, 4) is 0 Å². The molecule has 0 saturated carbocycles. The topological polar surface area (TPSA) is 96.5 Å². The van der Waals surface area contributed by atoms with Crippen molar-refractivity contribution in [3.05, 3.63) is 24.3 Å². The maximum atomic E-state index is 12.2. The van der Waals surface area contributed by atoms with Gasteiger partial charge < -0.3 is 15.4 Å². The zero-order valence-electron chi connectivity index (χ0n) is 13.3. The smallest absolute Gasteiger partial charge is 0.244 e. The number of amides is 1. The normalized spacial score (nSPS) is 21.8. The van der Waals surface area contributed by atoms with Crippen LogP contribution in [0.3, 0.4) is 0 Å². The summed E-state index contributed by atoms with van der Waals surface area (Å²) in [5.41, 5.74) is 0.545. The molecule has 0 spiro atoms. The second-order valence-electron chi connectivity index (χ2n) is 5.42. The molecular weight excluding hydrogens is 318 g/mol. The molecule has 0 aromatic heterocycles. The van der Waals surface area contributed by atoms with Gasteiger partial charge in [0.2, 0.25) is 15.9 Å². The summed E-state index contributed by atoms with van der Waals surface area (Å²) in [5, 5.41) is 5.87. The van der Waals surface area contributed by atoms with Crippen molar-refractivity contribution in [2.75, 3.05) is 25.0 Å². The zero-order valence-corrected chi connectivity index (χ0v) is 14.2. The number of ether oxygens (including phenoxy) is 1. The molecule has 1 heterocycles. The number of carbonyl (C=O) groups is 1. The van der Waals surface area contributed by atoms with E-state index < -0.39 is 16.1 Å². The largest absolute Gasteiger partial charge is 0.375 e. The molecule has 0 radical (unpaired) electrons. The van der Waals surface area contributed by atoms with Crippen LogP contribution >= 0.6 is 0 Å². The van der Waals surface area contributed by atoms with Crippen LogP contribution in [0.1, 0.15) is 20.3 Å². The Morgan fingerprint density at radius 2 is 2.04 bits per heavy atom. The van der Waals surface area contributed by atoms with Gasteiger partial charge in [0, 0.05) is 18.8 Å². The third kappa shape index (κ3) is 4.74. The molecule has 1 amide bonds. The number of anilines is 1. The molecule has 2 rings (SSSR count). The number of rotatable bonds is 6. The lowest BCUT2D eigenvalue weighted by Gasteiger charge is -2.29. The highest BCUT2D eigenvalue weighted by Crippen LogP contribution is 2.15. The van der Waals surface area contributed by atoms with Crippen molar-refractivity contribution in [3.63, 3.8) is 0 Å². The predicted molar refractivity (Wildman–Crippen MR) is 87.8 cm³/mol. The minimum Gasteiger partial charge on any atom is -0.375 e. The fourth-order valence-electron chi connectivity index (χ4n) is 2.28. The van der Waals surface area contributed by atoms with Crippen molar-refractivity contribution < 1.29 is 17.9 Å². The van der Waals surface area contributed by atoms with E-state index in [1.165, 1.54) is 12.1 Å². The van der Waals surface area contributed by atoms with Crippen LogP contribution in [0.25, 0.3) is 0 Å². The highest BCUT2D eigenvalue weighted by atomic mass is 32.2. The summed E-state index contributed by atoms with van der Waals surface area (Å²) < 4.78 is 31.9. The SMILES string of the molecule is CCCNS(=O)(=O)c1ccc(NC(=O)[C@H]2NCCO[C@@H]2C)cc1. The minimum absolute atomic E-state index is 0.177. The summed E-state index contributed by atoms with van der Waals surface area (Å²) in [6, 6.07) is 5.68. The van der Waals surface area contributed by atoms with Gasteiger partial charge in [0.15, 0.2) is 0 Å². The minimum atomic E-state index is -3.49. The van der Waals surface area contributed by atoms with E-state index in [0.717, 1.165) is 6.42 Å². The fraction of sp³-hybridized carbons (Fsp3) is 0.533.